The molecule has 0 aliphatic rings. The number of hydrogen-bond donors (Lipinski definition) is 3. The molecule has 0 aliphatic heterocycles. The molecule has 0 aromatic carbocycles. The van der Waals surface area contributed by atoms with E-state index in [0.717, 1.165) is 6.42 Å². The van der Waals surface area contributed by atoms with Gasteiger partial charge in [-0.2, -0.15) is 9.97 Å². The second-order valence-electron chi connectivity index (χ2n) is 3.08. The van der Waals surface area contributed by atoms with Gasteiger partial charge in [0.2, 0.25) is 11.8 Å². The van der Waals surface area contributed by atoms with Crippen molar-refractivity contribution in [3.63, 3.8) is 0 Å². The first-order valence-electron chi connectivity index (χ1n) is 5.04. The van der Waals surface area contributed by atoms with Gasteiger partial charge in [-0.1, -0.05) is 0 Å². The van der Waals surface area contributed by atoms with Crippen LogP contribution in [0.25, 0.3) is 0 Å². The van der Waals surface area contributed by atoms with Gasteiger partial charge in [-0.05, 0) is 6.92 Å². The number of anilines is 3. The monoisotopic (exact) mass is 227 g/mol. The normalized spacial score (nSPS) is 10.3. The van der Waals surface area contributed by atoms with Crippen molar-refractivity contribution in [1.82, 2.24) is 9.97 Å². The molecule has 1 aromatic heterocycles. The first-order chi connectivity index (χ1) is 7.65. The second-order valence-corrected chi connectivity index (χ2v) is 3.08. The zero-order chi connectivity index (χ0) is 12.0. The van der Waals surface area contributed by atoms with Gasteiger partial charge in [0.1, 0.15) is 5.69 Å². The van der Waals surface area contributed by atoms with E-state index >= 15 is 0 Å². The van der Waals surface area contributed by atoms with Gasteiger partial charge in [-0.3, -0.25) is 0 Å². The number of nitrogens with zero attached hydrogens (tertiary/aromatic N) is 2. The fourth-order valence-electron chi connectivity index (χ4n) is 1.07. The molecule has 0 unspecified atom stereocenters. The topological polar surface area (TPSA) is 122 Å². The van der Waals surface area contributed by atoms with Crippen molar-refractivity contribution in [2.45, 2.75) is 13.3 Å². The third kappa shape index (κ3) is 3.43. The predicted octanol–water partition coefficient (Wildman–Crippen LogP) is 0.0286. The SMILES string of the molecule is CCOCCCOc1nc(N)nc(N)c1N. The van der Waals surface area contributed by atoms with Crippen molar-refractivity contribution in [3.05, 3.63) is 0 Å². The molecular formula is C9H17N5O2. The van der Waals surface area contributed by atoms with Gasteiger partial charge in [0.25, 0.3) is 0 Å². The van der Waals surface area contributed by atoms with Crippen LogP contribution in [0.2, 0.25) is 0 Å². The van der Waals surface area contributed by atoms with E-state index in [1.54, 1.807) is 0 Å². The molecule has 0 spiro atoms. The highest BCUT2D eigenvalue weighted by atomic mass is 16.5. The van der Waals surface area contributed by atoms with Gasteiger partial charge in [-0.25, -0.2) is 0 Å². The number of hydrogen-bond acceptors (Lipinski definition) is 7. The Morgan fingerprint density at radius 3 is 2.56 bits per heavy atom. The van der Waals surface area contributed by atoms with E-state index in [9.17, 15) is 0 Å². The molecule has 0 amide bonds. The molecular weight excluding hydrogens is 210 g/mol. The summed E-state index contributed by atoms with van der Waals surface area (Å²) in [4.78, 5) is 7.56. The average Bonchev–Trinajstić information content (AvgIpc) is 2.24. The summed E-state index contributed by atoms with van der Waals surface area (Å²) >= 11 is 0. The lowest BCUT2D eigenvalue weighted by atomic mass is 10.4. The van der Waals surface area contributed by atoms with Gasteiger partial charge >= 0.3 is 0 Å². The van der Waals surface area contributed by atoms with Crippen molar-refractivity contribution < 1.29 is 9.47 Å². The molecule has 90 valence electrons. The minimum atomic E-state index is 0.0477. The number of nitrogens with two attached hydrogens (primary N) is 3. The molecule has 6 N–H and O–H groups in total. The minimum Gasteiger partial charge on any atom is -0.476 e. The minimum absolute atomic E-state index is 0.0477. The summed E-state index contributed by atoms with van der Waals surface area (Å²) in [6.07, 6.45) is 0.747. The first-order valence-corrected chi connectivity index (χ1v) is 5.04. The summed E-state index contributed by atoms with van der Waals surface area (Å²) in [7, 11) is 0. The lowest BCUT2D eigenvalue weighted by Gasteiger charge is -2.09. The van der Waals surface area contributed by atoms with Gasteiger partial charge in [0.05, 0.1) is 6.61 Å². The third-order valence-corrected chi connectivity index (χ3v) is 1.83. The van der Waals surface area contributed by atoms with Crippen LogP contribution >= 0.6 is 0 Å². The molecule has 16 heavy (non-hydrogen) atoms. The van der Waals surface area contributed by atoms with Crippen molar-refractivity contribution in [3.8, 4) is 5.88 Å². The lowest BCUT2D eigenvalue weighted by Crippen LogP contribution is -2.10. The molecule has 0 aliphatic carbocycles. The van der Waals surface area contributed by atoms with Gasteiger partial charge in [-0.15, -0.1) is 0 Å². The highest BCUT2D eigenvalue weighted by Gasteiger charge is 2.08. The third-order valence-electron chi connectivity index (χ3n) is 1.83. The van der Waals surface area contributed by atoms with E-state index in [-0.39, 0.29) is 23.3 Å². The standard InChI is InChI=1S/C9H17N5O2/c1-2-15-4-3-5-16-8-6(10)7(11)13-9(12)14-8/h2-5,10H2,1H3,(H4,11,12,13,14). The van der Waals surface area contributed by atoms with Crippen molar-refractivity contribution in [1.29, 1.82) is 0 Å². The van der Waals surface area contributed by atoms with Gasteiger partial charge < -0.3 is 26.7 Å². The maximum Gasteiger partial charge on any atom is 0.244 e. The number of ether oxygens (including phenoxy) is 2. The second kappa shape index (κ2) is 5.96. The summed E-state index contributed by atoms with van der Waals surface area (Å²) in [5, 5.41) is 0. The summed E-state index contributed by atoms with van der Waals surface area (Å²) < 4.78 is 10.5. The largest absolute Gasteiger partial charge is 0.476 e. The lowest BCUT2D eigenvalue weighted by molar-refractivity contribution is 0.130. The van der Waals surface area contributed by atoms with E-state index in [0.29, 0.717) is 19.8 Å². The van der Waals surface area contributed by atoms with Crippen LogP contribution in [0.4, 0.5) is 17.5 Å². The summed E-state index contributed by atoms with van der Waals surface area (Å²) in [5.41, 5.74) is 16.8. The maximum atomic E-state index is 5.63. The Labute approximate surface area is 93.9 Å². The highest BCUT2D eigenvalue weighted by Crippen LogP contribution is 2.24. The molecule has 0 atom stereocenters. The number of aromatic nitrogens is 2. The van der Waals surface area contributed by atoms with E-state index in [4.69, 9.17) is 26.7 Å². The Kier molecular flexibility index (Phi) is 4.59. The molecule has 0 radical (unpaired) electrons. The average molecular weight is 227 g/mol. The van der Waals surface area contributed by atoms with Crippen LogP contribution in [0, 0.1) is 0 Å². The molecule has 1 heterocycles. The Morgan fingerprint density at radius 1 is 1.12 bits per heavy atom. The van der Waals surface area contributed by atoms with E-state index in [1.807, 2.05) is 6.92 Å². The van der Waals surface area contributed by atoms with Crippen LogP contribution in [0.15, 0.2) is 0 Å². The van der Waals surface area contributed by atoms with Crippen molar-refractivity contribution in [2.75, 3.05) is 37.0 Å². The van der Waals surface area contributed by atoms with Crippen LogP contribution in [-0.2, 0) is 4.74 Å². The molecule has 0 fully saturated rings. The van der Waals surface area contributed by atoms with Crippen LogP contribution in [-0.4, -0.2) is 29.8 Å². The molecule has 7 nitrogen and oxygen atoms in total. The van der Waals surface area contributed by atoms with Gasteiger partial charge in [0, 0.05) is 19.6 Å². The Balaban J connectivity index is 2.47. The molecule has 0 bridgehead atoms. The predicted molar refractivity (Wildman–Crippen MR) is 61.9 cm³/mol. The molecule has 0 saturated heterocycles. The molecule has 1 rings (SSSR count). The Hall–Kier alpha value is -1.76. The van der Waals surface area contributed by atoms with E-state index in [2.05, 4.69) is 9.97 Å². The van der Waals surface area contributed by atoms with E-state index in [1.165, 1.54) is 0 Å². The van der Waals surface area contributed by atoms with Gasteiger partial charge in [0.15, 0.2) is 5.82 Å². The first kappa shape index (κ1) is 12.3. The molecule has 1 aromatic rings. The quantitative estimate of drug-likeness (QED) is 0.586. The fraction of sp³-hybridized carbons (Fsp3) is 0.556. The number of rotatable bonds is 6. The summed E-state index contributed by atoms with van der Waals surface area (Å²) in [6, 6.07) is 0. The summed E-state index contributed by atoms with van der Waals surface area (Å²) in [6.45, 7) is 3.70. The van der Waals surface area contributed by atoms with E-state index < -0.39 is 0 Å². The van der Waals surface area contributed by atoms with Crippen molar-refractivity contribution in [2.24, 2.45) is 0 Å². The molecule has 0 saturated carbocycles. The fourth-order valence-corrected chi connectivity index (χ4v) is 1.07. The van der Waals surface area contributed by atoms with Crippen LogP contribution in [0.5, 0.6) is 5.88 Å². The van der Waals surface area contributed by atoms with Crippen LogP contribution in [0.3, 0.4) is 0 Å². The smallest absolute Gasteiger partial charge is 0.244 e. The summed E-state index contributed by atoms with van der Waals surface area (Å²) in [5.74, 6) is 0.403. The zero-order valence-corrected chi connectivity index (χ0v) is 9.27. The Bertz CT molecular complexity index is 345. The highest BCUT2D eigenvalue weighted by molar-refractivity contribution is 5.65. The maximum absolute atomic E-state index is 5.63. The zero-order valence-electron chi connectivity index (χ0n) is 9.27. The van der Waals surface area contributed by atoms with Crippen molar-refractivity contribution >= 4 is 17.5 Å². The number of nitrogen functional groups attached to an aromatic ring is 3. The Morgan fingerprint density at radius 2 is 1.88 bits per heavy atom. The van der Waals surface area contributed by atoms with Crippen LogP contribution < -0.4 is 21.9 Å². The van der Waals surface area contributed by atoms with Crippen LogP contribution in [0.1, 0.15) is 13.3 Å². The molecule has 7 heteroatoms.